The van der Waals surface area contributed by atoms with E-state index in [0.29, 0.717) is 0 Å². The Labute approximate surface area is 152 Å². The molecule has 0 atom stereocenters. The summed E-state index contributed by atoms with van der Waals surface area (Å²) in [6, 6.07) is 0. The van der Waals surface area contributed by atoms with E-state index < -0.39 is 0 Å². The van der Waals surface area contributed by atoms with Crippen LogP contribution in [0.25, 0.3) is 0 Å². The molecule has 0 N–H and O–H groups in total. The third-order valence-electron chi connectivity index (χ3n) is 2.70. The third-order valence-corrected chi connectivity index (χ3v) is 2.70. The van der Waals surface area contributed by atoms with Gasteiger partial charge in [-0.2, -0.15) is 0 Å². The number of hydrazine groups is 1. The molecule has 0 aromatic heterocycles. The molecule has 0 aliphatic heterocycles. The predicted octanol–water partition coefficient (Wildman–Crippen LogP) is 2.83. The van der Waals surface area contributed by atoms with E-state index in [4.69, 9.17) is 0 Å². The molecule has 114 valence electrons. The molecule has 0 aromatic rings. The van der Waals surface area contributed by atoms with Crippen LogP contribution in [0.3, 0.4) is 0 Å². The first-order valence-electron chi connectivity index (χ1n) is 7.72. The van der Waals surface area contributed by atoms with Crippen LogP contribution in [-0.4, -0.2) is 73.9 Å². The van der Waals surface area contributed by atoms with Crippen LogP contribution in [0.1, 0.15) is 55.4 Å². The summed E-state index contributed by atoms with van der Waals surface area (Å²) in [5, 5.41) is 5.19. The Morgan fingerprint density at radius 2 is 0.600 bits per heavy atom. The average molecular weight is 272 g/mol. The van der Waals surface area contributed by atoms with Crippen molar-refractivity contribution < 1.29 is 0 Å². The molecule has 0 amide bonds. The number of nitrogens with zero attached hydrogens (tertiary/aromatic N) is 2. The standard InChI is InChI=1S/C16H36N2.2Li.2H/c1-13(2)9-17(10-14(3)4)18(11-15(5)6)12-16(7)8;;;;/h13-16H,9-12H2,1-8H3;;;;. The molecule has 0 aliphatic carbocycles. The molecule has 0 aromatic carbocycles. The van der Waals surface area contributed by atoms with Gasteiger partial charge in [-0.25, -0.2) is 10.0 Å². The van der Waals surface area contributed by atoms with E-state index in [2.05, 4.69) is 65.4 Å². The van der Waals surface area contributed by atoms with E-state index in [1.807, 2.05) is 0 Å². The fourth-order valence-corrected chi connectivity index (χ4v) is 2.30. The molecule has 2 nitrogen and oxygen atoms in total. The van der Waals surface area contributed by atoms with Crippen LogP contribution >= 0.6 is 0 Å². The molecular weight excluding hydrogens is 234 g/mol. The Balaban J connectivity index is -0.00000144. The summed E-state index contributed by atoms with van der Waals surface area (Å²) in [6.07, 6.45) is 0. The first-order chi connectivity index (χ1) is 8.22. The minimum atomic E-state index is 0. The van der Waals surface area contributed by atoms with E-state index in [1.165, 1.54) is 26.2 Å². The van der Waals surface area contributed by atoms with Gasteiger partial charge in [0.15, 0.2) is 0 Å². The second-order valence-corrected chi connectivity index (χ2v) is 7.32. The quantitative estimate of drug-likeness (QED) is 0.470. The Morgan fingerprint density at radius 1 is 0.450 bits per heavy atom. The van der Waals surface area contributed by atoms with Gasteiger partial charge in [-0.15, -0.1) is 0 Å². The molecule has 0 spiro atoms. The van der Waals surface area contributed by atoms with Crippen LogP contribution in [0.2, 0.25) is 0 Å². The molecule has 0 bridgehead atoms. The first-order valence-corrected chi connectivity index (χ1v) is 7.72. The fraction of sp³-hybridized carbons (Fsp3) is 1.00. The molecule has 0 fully saturated rings. The third kappa shape index (κ3) is 14.1. The molecule has 0 heterocycles. The van der Waals surface area contributed by atoms with Gasteiger partial charge in [0.1, 0.15) is 0 Å². The molecule has 0 saturated heterocycles. The van der Waals surface area contributed by atoms with Crippen molar-refractivity contribution in [3.8, 4) is 0 Å². The average Bonchev–Trinajstić information content (AvgIpc) is 2.12. The van der Waals surface area contributed by atoms with E-state index in [1.54, 1.807) is 0 Å². The molecule has 0 saturated carbocycles. The minimum absolute atomic E-state index is 0. The van der Waals surface area contributed by atoms with Crippen LogP contribution in [0.4, 0.5) is 0 Å². The first kappa shape index (κ1) is 26.0. The molecule has 0 rings (SSSR count). The van der Waals surface area contributed by atoms with Gasteiger partial charge in [-0.1, -0.05) is 55.4 Å². The van der Waals surface area contributed by atoms with Crippen molar-refractivity contribution >= 4 is 37.7 Å². The van der Waals surface area contributed by atoms with Crippen molar-refractivity contribution in [2.75, 3.05) is 26.2 Å². The molecule has 0 radical (unpaired) electrons. The van der Waals surface area contributed by atoms with Crippen molar-refractivity contribution in [3.63, 3.8) is 0 Å². The van der Waals surface area contributed by atoms with Gasteiger partial charge in [-0.05, 0) is 23.7 Å². The van der Waals surface area contributed by atoms with E-state index in [-0.39, 0.29) is 37.7 Å². The van der Waals surface area contributed by atoms with E-state index in [9.17, 15) is 0 Å². The molecular formula is C16H38Li2N2. The zero-order valence-electron chi connectivity index (χ0n) is 14.0. The van der Waals surface area contributed by atoms with E-state index >= 15 is 0 Å². The SMILES string of the molecule is CC(C)CN(CC(C)C)N(CC(C)C)CC(C)C.[LiH].[LiH]. The van der Waals surface area contributed by atoms with Crippen LogP contribution in [-0.2, 0) is 0 Å². The Bertz CT molecular complexity index is 165. The molecule has 20 heavy (non-hydrogen) atoms. The topological polar surface area (TPSA) is 6.48 Å². The van der Waals surface area contributed by atoms with Gasteiger partial charge in [0, 0.05) is 26.2 Å². The second kappa shape index (κ2) is 13.8. The summed E-state index contributed by atoms with van der Waals surface area (Å²) in [6.45, 7) is 23.2. The van der Waals surface area contributed by atoms with Gasteiger partial charge in [0.2, 0.25) is 0 Å². The maximum atomic E-state index is 2.59. The van der Waals surface area contributed by atoms with Gasteiger partial charge < -0.3 is 0 Å². The zero-order valence-corrected chi connectivity index (χ0v) is 14.0. The van der Waals surface area contributed by atoms with Crippen molar-refractivity contribution in [1.82, 2.24) is 10.0 Å². The maximum absolute atomic E-state index is 2.59. The number of rotatable bonds is 9. The zero-order chi connectivity index (χ0) is 14.3. The van der Waals surface area contributed by atoms with Crippen LogP contribution < -0.4 is 0 Å². The van der Waals surface area contributed by atoms with Crippen molar-refractivity contribution in [2.45, 2.75) is 55.4 Å². The van der Waals surface area contributed by atoms with Crippen LogP contribution in [0, 0.1) is 23.7 Å². The Hall–Kier alpha value is 1.11. The van der Waals surface area contributed by atoms with Crippen molar-refractivity contribution in [2.24, 2.45) is 23.7 Å². The Morgan fingerprint density at radius 3 is 0.700 bits per heavy atom. The number of hydrogen-bond acceptors (Lipinski definition) is 2. The molecule has 0 unspecified atom stereocenters. The summed E-state index contributed by atoms with van der Waals surface area (Å²) < 4.78 is 0. The van der Waals surface area contributed by atoms with Crippen molar-refractivity contribution in [1.29, 1.82) is 0 Å². The predicted molar refractivity (Wildman–Crippen MR) is 96.8 cm³/mol. The van der Waals surface area contributed by atoms with E-state index in [0.717, 1.165) is 23.7 Å². The molecule has 4 heteroatoms. The van der Waals surface area contributed by atoms with Gasteiger partial charge in [-0.3, -0.25) is 0 Å². The van der Waals surface area contributed by atoms with Gasteiger partial charge >= 0.3 is 37.7 Å². The monoisotopic (exact) mass is 272 g/mol. The second-order valence-electron chi connectivity index (χ2n) is 7.32. The summed E-state index contributed by atoms with van der Waals surface area (Å²) in [5.74, 6) is 2.91. The van der Waals surface area contributed by atoms with Crippen molar-refractivity contribution in [3.05, 3.63) is 0 Å². The summed E-state index contributed by atoms with van der Waals surface area (Å²) in [5.41, 5.74) is 0. The normalized spacial score (nSPS) is 11.7. The Kier molecular flexibility index (Phi) is 17.9. The van der Waals surface area contributed by atoms with Crippen LogP contribution in [0.5, 0.6) is 0 Å². The summed E-state index contributed by atoms with van der Waals surface area (Å²) >= 11 is 0. The van der Waals surface area contributed by atoms with Crippen LogP contribution in [0.15, 0.2) is 0 Å². The summed E-state index contributed by atoms with van der Waals surface area (Å²) in [7, 11) is 0. The van der Waals surface area contributed by atoms with Gasteiger partial charge in [0.25, 0.3) is 0 Å². The van der Waals surface area contributed by atoms with Gasteiger partial charge in [0.05, 0.1) is 0 Å². The fourth-order valence-electron chi connectivity index (χ4n) is 2.30. The molecule has 0 aliphatic rings. The summed E-state index contributed by atoms with van der Waals surface area (Å²) in [4.78, 5) is 0. The number of hydrogen-bond donors (Lipinski definition) is 0.